The van der Waals surface area contributed by atoms with Crippen molar-refractivity contribution in [3.8, 4) is 62.1 Å². The number of furan rings is 1. The molecule has 0 unspecified atom stereocenters. The predicted octanol–water partition coefficient (Wildman–Crippen LogP) is 13.2. The largest absolute Gasteiger partial charge is 0.456 e. The summed E-state index contributed by atoms with van der Waals surface area (Å²) in [6, 6.07) is 67.5. The van der Waals surface area contributed by atoms with Crippen molar-refractivity contribution < 1.29 is 4.42 Å². The van der Waals surface area contributed by atoms with E-state index < -0.39 is 0 Å². The van der Waals surface area contributed by atoms with Crippen LogP contribution in [0.15, 0.2) is 199 Å². The molecular formula is C51H32N4O. The van der Waals surface area contributed by atoms with E-state index in [4.69, 9.17) is 19.4 Å². The third kappa shape index (κ3) is 5.45. The Morgan fingerprint density at radius 3 is 1.45 bits per heavy atom. The molecule has 56 heavy (non-hydrogen) atoms. The van der Waals surface area contributed by atoms with Crippen LogP contribution in [-0.4, -0.2) is 19.5 Å². The number of rotatable bonds is 6. The molecule has 5 heteroatoms. The summed E-state index contributed by atoms with van der Waals surface area (Å²) in [5, 5.41) is 4.64. The summed E-state index contributed by atoms with van der Waals surface area (Å²) in [5.41, 5.74) is 12.5. The van der Waals surface area contributed by atoms with Crippen LogP contribution in [0.2, 0.25) is 0 Å². The number of hydrogen-bond acceptors (Lipinski definition) is 4. The molecule has 0 aliphatic heterocycles. The lowest BCUT2D eigenvalue weighted by Crippen LogP contribution is -2.00. The minimum Gasteiger partial charge on any atom is -0.456 e. The fraction of sp³-hybridized carbons (Fsp3) is 0. The number of benzene rings is 8. The Morgan fingerprint density at radius 1 is 0.304 bits per heavy atom. The molecule has 11 rings (SSSR count). The van der Waals surface area contributed by atoms with Crippen LogP contribution >= 0.6 is 0 Å². The molecule has 0 N–H and O–H groups in total. The van der Waals surface area contributed by atoms with Gasteiger partial charge in [-0.2, -0.15) is 0 Å². The van der Waals surface area contributed by atoms with E-state index in [-0.39, 0.29) is 0 Å². The number of aromatic nitrogens is 4. The maximum absolute atomic E-state index is 6.51. The van der Waals surface area contributed by atoms with Crippen molar-refractivity contribution in [2.24, 2.45) is 0 Å². The van der Waals surface area contributed by atoms with E-state index in [0.29, 0.717) is 17.5 Å². The van der Waals surface area contributed by atoms with Gasteiger partial charge in [-0.05, 0) is 64.7 Å². The summed E-state index contributed by atoms with van der Waals surface area (Å²) in [6.07, 6.45) is 0. The van der Waals surface area contributed by atoms with Gasteiger partial charge in [-0.15, -0.1) is 0 Å². The standard InChI is InChI=1S/C51H32N4O/c1-4-12-33(13-5-1)38-24-27-42-41-18-10-11-19-45(41)55(46(42)30-38)40-26-29-47-44(32-40)43-28-25-39(31-48(43)56-47)34-20-22-37(23-21-34)51-53-49(35-14-6-2-7-15-35)52-50(54-51)36-16-8-3-9-17-36/h1-32H. The van der Waals surface area contributed by atoms with Crippen LogP contribution in [0.4, 0.5) is 0 Å². The number of hydrogen-bond donors (Lipinski definition) is 0. The second-order valence-corrected chi connectivity index (χ2v) is 14.1. The maximum Gasteiger partial charge on any atom is 0.164 e. The molecule has 0 bridgehead atoms. The van der Waals surface area contributed by atoms with Crippen LogP contribution in [0.1, 0.15) is 0 Å². The molecule has 11 aromatic rings. The normalized spacial score (nSPS) is 11.6. The van der Waals surface area contributed by atoms with Gasteiger partial charge in [0.05, 0.1) is 11.0 Å². The lowest BCUT2D eigenvalue weighted by Gasteiger charge is -2.09. The second-order valence-electron chi connectivity index (χ2n) is 14.1. The van der Waals surface area contributed by atoms with Crippen molar-refractivity contribution in [3.05, 3.63) is 194 Å². The van der Waals surface area contributed by atoms with Crippen LogP contribution in [0.3, 0.4) is 0 Å². The van der Waals surface area contributed by atoms with Crippen molar-refractivity contribution in [1.29, 1.82) is 0 Å². The topological polar surface area (TPSA) is 56.7 Å². The van der Waals surface area contributed by atoms with E-state index in [2.05, 4.69) is 138 Å². The molecule has 0 fully saturated rings. The zero-order valence-electron chi connectivity index (χ0n) is 30.2. The van der Waals surface area contributed by atoms with Crippen LogP contribution < -0.4 is 0 Å². The number of para-hydroxylation sites is 1. The third-order valence-electron chi connectivity index (χ3n) is 10.7. The maximum atomic E-state index is 6.51. The smallest absolute Gasteiger partial charge is 0.164 e. The average molecular weight is 717 g/mol. The van der Waals surface area contributed by atoms with Gasteiger partial charge < -0.3 is 8.98 Å². The lowest BCUT2D eigenvalue weighted by molar-refractivity contribution is 0.669. The molecule has 3 heterocycles. The molecule has 0 saturated carbocycles. The molecule has 0 saturated heterocycles. The zero-order chi connectivity index (χ0) is 37.0. The molecule has 0 spiro atoms. The quantitative estimate of drug-likeness (QED) is 0.172. The number of fused-ring (bicyclic) bond motifs is 6. The van der Waals surface area contributed by atoms with E-state index in [1.54, 1.807) is 0 Å². The first-order valence-corrected chi connectivity index (χ1v) is 18.8. The summed E-state index contributed by atoms with van der Waals surface area (Å²) < 4.78 is 8.88. The van der Waals surface area contributed by atoms with Crippen molar-refractivity contribution in [2.45, 2.75) is 0 Å². The predicted molar refractivity (Wildman–Crippen MR) is 229 cm³/mol. The van der Waals surface area contributed by atoms with Gasteiger partial charge in [0.1, 0.15) is 11.2 Å². The minimum absolute atomic E-state index is 0.632. The van der Waals surface area contributed by atoms with E-state index in [1.165, 1.54) is 32.9 Å². The van der Waals surface area contributed by atoms with Gasteiger partial charge in [-0.1, -0.05) is 152 Å². The Labute approximate surface area is 322 Å². The van der Waals surface area contributed by atoms with Gasteiger partial charge in [0.25, 0.3) is 0 Å². The van der Waals surface area contributed by atoms with Gasteiger partial charge in [0.2, 0.25) is 0 Å². The Kier molecular flexibility index (Phi) is 7.42. The van der Waals surface area contributed by atoms with Gasteiger partial charge in [-0.25, -0.2) is 15.0 Å². The molecule has 0 aliphatic carbocycles. The van der Waals surface area contributed by atoms with Gasteiger partial charge in [0, 0.05) is 43.9 Å². The summed E-state index contributed by atoms with van der Waals surface area (Å²) in [4.78, 5) is 14.6. The minimum atomic E-state index is 0.632. The zero-order valence-corrected chi connectivity index (χ0v) is 30.2. The van der Waals surface area contributed by atoms with Gasteiger partial charge in [-0.3, -0.25) is 0 Å². The average Bonchev–Trinajstić information content (AvgIpc) is 3.81. The van der Waals surface area contributed by atoms with Crippen LogP contribution in [0, 0.1) is 0 Å². The highest BCUT2D eigenvalue weighted by molar-refractivity contribution is 6.11. The summed E-state index contributed by atoms with van der Waals surface area (Å²) in [7, 11) is 0. The first-order valence-electron chi connectivity index (χ1n) is 18.8. The molecule has 3 aromatic heterocycles. The molecule has 0 radical (unpaired) electrons. The molecule has 8 aromatic carbocycles. The van der Waals surface area contributed by atoms with Crippen molar-refractivity contribution >= 4 is 43.7 Å². The molecule has 0 aliphatic rings. The molecule has 0 atom stereocenters. The van der Waals surface area contributed by atoms with E-state index in [1.807, 2.05) is 60.7 Å². The Bertz CT molecular complexity index is 3160. The van der Waals surface area contributed by atoms with E-state index in [0.717, 1.165) is 55.4 Å². The SMILES string of the molecule is c1ccc(-c2ccc3c4ccccc4n(-c4ccc5oc6cc(-c7ccc(-c8nc(-c9ccccc9)nc(-c9ccccc9)n8)cc7)ccc6c5c4)c3c2)cc1. The summed E-state index contributed by atoms with van der Waals surface area (Å²) >= 11 is 0. The van der Waals surface area contributed by atoms with Crippen LogP contribution in [0.25, 0.3) is 106 Å². The first kappa shape index (κ1) is 31.9. The number of nitrogens with zero attached hydrogens (tertiary/aromatic N) is 4. The van der Waals surface area contributed by atoms with Crippen molar-refractivity contribution in [2.75, 3.05) is 0 Å². The summed E-state index contributed by atoms with van der Waals surface area (Å²) in [6.45, 7) is 0. The Hall–Kier alpha value is -7.63. The third-order valence-corrected chi connectivity index (χ3v) is 10.7. The first-order chi connectivity index (χ1) is 27.7. The van der Waals surface area contributed by atoms with Crippen molar-refractivity contribution in [3.63, 3.8) is 0 Å². The van der Waals surface area contributed by atoms with Crippen LogP contribution in [-0.2, 0) is 0 Å². The Balaban J connectivity index is 0.964. The van der Waals surface area contributed by atoms with Gasteiger partial charge in [0.15, 0.2) is 17.5 Å². The summed E-state index contributed by atoms with van der Waals surface area (Å²) in [5.74, 6) is 1.92. The molecular weight excluding hydrogens is 685 g/mol. The fourth-order valence-corrected chi connectivity index (χ4v) is 7.89. The monoisotopic (exact) mass is 716 g/mol. The van der Waals surface area contributed by atoms with Gasteiger partial charge >= 0.3 is 0 Å². The highest BCUT2D eigenvalue weighted by atomic mass is 16.3. The van der Waals surface area contributed by atoms with Crippen molar-refractivity contribution in [1.82, 2.24) is 19.5 Å². The highest BCUT2D eigenvalue weighted by Crippen LogP contribution is 2.38. The lowest BCUT2D eigenvalue weighted by atomic mass is 10.0. The second kappa shape index (κ2) is 13.0. The van der Waals surface area contributed by atoms with E-state index >= 15 is 0 Å². The van der Waals surface area contributed by atoms with Crippen LogP contribution in [0.5, 0.6) is 0 Å². The Morgan fingerprint density at radius 2 is 0.786 bits per heavy atom. The highest BCUT2D eigenvalue weighted by Gasteiger charge is 2.17. The van der Waals surface area contributed by atoms with E-state index in [9.17, 15) is 0 Å². The fourth-order valence-electron chi connectivity index (χ4n) is 7.89. The molecule has 5 nitrogen and oxygen atoms in total. The molecule has 262 valence electrons. The molecule has 0 amide bonds.